The van der Waals surface area contributed by atoms with Crippen molar-refractivity contribution in [3.05, 3.63) is 60.1 Å². The molecule has 1 amide bonds. The number of methoxy groups -OCH3 is 1. The number of aliphatic carboxylic acids is 1. The van der Waals surface area contributed by atoms with Crippen LogP contribution in [0.15, 0.2) is 43.1 Å². The Bertz CT molecular complexity index is 1060. The van der Waals surface area contributed by atoms with Crippen LogP contribution in [-0.4, -0.2) is 42.2 Å². The molecule has 0 saturated carbocycles. The predicted molar refractivity (Wildman–Crippen MR) is 119 cm³/mol. The Morgan fingerprint density at radius 3 is 2.78 bits per heavy atom. The Labute approximate surface area is 185 Å². The Morgan fingerprint density at radius 1 is 1.38 bits per heavy atom. The van der Waals surface area contributed by atoms with Gasteiger partial charge in [0.25, 0.3) is 0 Å². The van der Waals surface area contributed by atoms with Gasteiger partial charge in [0.05, 0.1) is 19.7 Å². The molecule has 1 aliphatic heterocycles. The van der Waals surface area contributed by atoms with E-state index >= 15 is 0 Å². The second-order valence-corrected chi connectivity index (χ2v) is 8.43. The van der Waals surface area contributed by atoms with Gasteiger partial charge in [-0.15, -0.1) is 0 Å². The maximum atomic E-state index is 14.1. The molecule has 8 heteroatoms. The third kappa shape index (κ3) is 4.04. The standard InChI is InChI=1S/C24H26FN3O4/c1-3-22(29)27-19-14-26-21(12-20(19)32-2)28-8-6-24(7-9-28)13-15(10-23(30)31)17-5-4-16(25)11-18(17)24/h3-5,11-12,14-15H,1,6-10,13H2,2H3,(H,27,29)(H,30,31). The molecule has 1 atom stereocenters. The molecule has 1 spiro atoms. The van der Waals surface area contributed by atoms with Crippen molar-refractivity contribution in [1.29, 1.82) is 0 Å². The van der Waals surface area contributed by atoms with Crippen LogP contribution in [-0.2, 0) is 15.0 Å². The lowest BCUT2D eigenvalue weighted by Crippen LogP contribution is -2.42. The number of halogens is 1. The summed E-state index contributed by atoms with van der Waals surface area (Å²) in [6.07, 6.45) is 5.06. The number of nitrogens with zero attached hydrogens (tertiary/aromatic N) is 2. The maximum absolute atomic E-state index is 14.1. The molecule has 7 nitrogen and oxygen atoms in total. The van der Waals surface area contributed by atoms with Crippen molar-refractivity contribution < 1.29 is 23.8 Å². The molecule has 4 rings (SSSR count). The maximum Gasteiger partial charge on any atom is 0.303 e. The minimum absolute atomic E-state index is 0.0563. The number of carbonyl (C=O) groups excluding carboxylic acids is 1. The highest BCUT2D eigenvalue weighted by Crippen LogP contribution is 2.53. The Balaban J connectivity index is 1.54. The van der Waals surface area contributed by atoms with Crippen LogP contribution in [0.4, 0.5) is 15.9 Å². The number of hydrogen-bond acceptors (Lipinski definition) is 5. The minimum Gasteiger partial charge on any atom is -0.494 e. The molecule has 1 saturated heterocycles. The number of carboxylic acids is 1. The summed E-state index contributed by atoms with van der Waals surface area (Å²) < 4.78 is 19.5. The smallest absolute Gasteiger partial charge is 0.303 e. The quantitative estimate of drug-likeness (QED) is 0.665. The highest BCUT2D eigenvalue weighted by atomic mass is 19.1. The summed E-state index contributed by atoms with van der Waals surface area (Å²) in [6, 6.07) is 6.55. The van der Waals surface area contributed by atoms with Crippen LogP contribution >= 0.6 is 0 Å². The van der Waals surface area contributed by atoms with Crippen LogP contribution in [0.25, 0.3) is 0 Å². The van der Waals surface area contributed by atoms with E-state index in [1.807, 2.05) is 0 Å². The zero-order valence-electron chi connectivity index (χ0n) is 17.9. The van der Waals surface area contributed by atoms with Crippen molar-refractivity contribution in [3.63, 3.8) is 0 Å². The van der Waals surface area contributed by atoms with E-state index in [4.69, 9.17) is 4.74 Å². The monoisotopic (exact) mass is 439 g/mol. The number of amides is 1. The molecular formula is C24H26FN3O4. The molecule has 2 aliphatic rings. The molecule has 1 aromatic carbocycles. The first-order chi connectivity index (χ1) is 15.3. The number of nitrogens with one attached hydrogen (secondary N) is 1. The predicted octanol–water partition coefficient (Wildman–Crippen LogP) is 3.85. The van der Waals surface area contributed by atoms with Gasteiger partial charge in [0.1, 0.15) is 23.1 Å². The van der Waals surface area contributed by atoms with Crippen LogP contribution in [0.3, 0.4) is 0 Å². The number of rotatable bonds is 6. The van der Waals surface area contributed by atoms with E-state index in [0.717, 1.165) is 36.2 Å². The molecule has 2 N–H and O–H groups in total. The second kappa shape index (κ2) is 8.61. The van der Waals surface area contributed by atoms with Gasteiger partial charge in [0, 0.05) is 19.2 Å². The van der Waals surface area contributed by atoms with Crippen molar-refractivity contribution in [2.24, 2.45) is 0 Å². The Hall–Kier alpha value is -3.42. The number of pyridine rings is 1. The molecule has 2 aromatic rings. The van der Waals surface area contributed by atoms with Gasteiger partial charge < -0.3 is 20.1 Å². The summed E-state index contributed by atoms with van der Waals surface area (Å²) >= 11 is 0. The second-order valence-electron chi connectivity index (χ2n) is 8.43. The molecule has 1 fully saturated rings. The number of anilines is 2. The summed E-state index contributed by atoms with van der Waals surface area (Å²) in [7, 11) is 1.53. The van der Waals surface area contributed by atoms with E-state index in [1.165, 1.54) is 19.3 Å². The minimum atomic E-state index is -0.834. The zero-order valence-corrected chi connectivity index (χ0v) is 17.9. The van der Waals surface area contributed by atoms with Gasteiger partial charge in [0.2, 0.25) is 5.91 Å². The van der Waals surface area contributed by atoms with E-state index in [1.54, 1.807) is 24.4 Å². The Morgan fingerprint density at radius 2 is 2.12 bits per heavy atom. The summed E-state index contributed by atoms with van der Waals surface area (Å²) in [6.45, 7) is 4.84. The third-order valence-electron chi connectivity index (χ3n) is 6.64. The summed E-state index contributed by atoms with van der Waals surface area (Å²) in [5.41, 5.74) is 2.16. The Kier molecular flexibility index (Phi) is 5.86. The van der Waals surface area contributed by atoms with E-state index in [-0.39, 0.29) is 29.5 Å². The van der Waals surface area contributed by atoms with Crippen molar-refractivity contribution >= 4 is 23.4 Å². The number of hydrogen-bond donors (Lipinski definition) is 2. The van der Waals surface area contributed by atoms with Gasteiger partial charge in [-0.05, 0) is 59.9 Å². The molecule has 0 radical (unpaired) electrons. The van der Waals surface area contributed by atoms with Crippen molar-refractivity contribution in [2.45, 2.75) is 37.0 Å². The van der Waals surface area contributed by atoms with E-state index in [9.17, 15) is 19.1 Å². The first-order valence-corrected chi connectivity index (χ1v) is 10.6. The fraction of sp³-hybridized carbons (Fsp3) is 0.375. The fourth-order valence-electron chi connectivity index (χ4n) is 5.11. The van der Waals surface area contributed by atoms with Crippen LogP contribution in [0.5, 0.6) is 5.75 Å². The number of carboxylic acid groups (broad SMARTS) is 1. The van der Waals surface area contributed by atoms with Crippen LogP contribution in [0.1, 0.15) is 42.7 Å². The summed E-state index contributed by atoms with van der Waals surface area (Å²) in [4.78, 5) is 29.6. The number of ether oxygens (including phenoxy) is 1. The molecule has 1 aliphatic carbocycles. The van der Waals surface area contributed by atoms with Gasteiger partial charge >= 0.3 is 5.97 Å². The van der Waals surface area contributed by atoms with E-state index in [2.05, 4.69) is 21.8 Å². The average molecular weight is 439 g/mol. The van der Waals surface area contributed by atoms with Gasteiger partial charge in [0.15, 0.2) is 0 Å². The lowest BCUT2D eigenvalue weighted by atomic mass is 9.73. The molecule has 168 valence electrons. The van der Waals surface area contributed by atoms with Gasteiger partial charge in [-0.1, -0.05) is 12.6 Å². The van der Waals surface area contributed by atoms with Crippen molar-refractivity contribution in [3.8, 4) is 5.75 Å². The number of aromatic nitrogens is 1. The number of benzene rings is 1. The van der Waals surface area contributed by atoms with Crippen LogP contribution < -0.4 is 15.0 Å². The normalized spacial score (nSPS) is 18.8. The topological polar surface area (TPSA) is 91.8 Å². The van der Waals surface area contributed by atoms with Gasteiger partial charge in [-0.2, -0.15) is 0 Å². The lowest BCUT2D eigenvalue weighted by molar-refractivity contribution is -0.137. The highest BCUT2D eigenvalue weighted by Gasteiger charge is 2.46. The van der Waals surface area contributed by atoms with Crippen LogP contribution in [0, 0.1) is 5.82 Å². The molecule has 0 bridgehead atoms. The highest BCUT2D eigenvalue weighted by molar-refractivity contribution is 5.99. The summed E-state index contributed by atoms with van der Waals surface area (Å²) in [5, 5.41) is 12.0. The average Bonchev–Trinajstić information content (AvgIpc) is 3.05. The lowest BCUT2D eigenvalue weighted by Gasteiger charge is -2.41. The first-order valence-electron chi connectivity index (χ1n) is 10.6. The molecule has 32 heavy (non-hydrogen) atoms. The zero-order chi connectivity index (χ0) is 22.9. The fourth-order valence-corrected chi connectivity index (χ4v) is 5.11. The third-order valence-corrected chi connectivity index (χ3v) is 6.64. The number of piperidine rings is 1. The number of carbonyl (C=O) groups is 2. The van der Waals surface area contributed by atoms with Crippen LogP contribution in [0.2, 0.25) is 0 Å². The largest absolute Gasteiger partial charge is 0.494 e. The molecule has 1 unspecified atom stereocenters. The van der Waals surface area contributed by atoms with Crippen molar-refractivity contribution in [1.82, 2.24) is 4.98 Å². The van der Waals surface area contributed by atoms with E-state index in [0.29, 0.717) is 24.5 Å². The summed E-state index contributed by atoms with van der Waals surface area (Å²) in [5.74, 6) is -0.334. The first kappa shape index (κ1) is 21.8. The SMILES string of the molecule is C=CC(=O)Nc1cnc(N2CCC3(CC2)CC(CC(=O)O)c2ccc(F)cc23)cc1OC. The van der Waals surface area contributed by atoms with Crippen molar-refractivity contribution in [2.75, 3.05) is 30.4 Å². The molecule has 1 aromatic heterocycles. The number of fused-ring (bicyclic) bond motifs is 2. The van der Waals surface area contributed by atoms with Gasteiger partial charge in [-0.3, -0.25) is 9.59 Å². The van der Waals surface area contributed by atoms with Gasteiger partial charge in [-0.25, -0.2) is 9.37 Å². The molecule has 2 heterocycles. The van der Waals surface area contributed by atoms with E-state index < -0.39 is 5.97 Å². The molecular weight excluding hydrogens is 413 g/mol.